The summed E-state index contributed by atoms with van der Waals surface area (Å²) in [4.78, 5) is 26.7. The maximum Gasteiger partial charge on any atom is 0.251 e. The van der Waals surface area contributed by atoms with Crippen LogP contribution >= 0.6 is 11.3 Å². The summed E-state index contributed by atoms with van der Waals surface area (Å²) in [6.45, 7) is 5.71. The highest BCUT2D eigenvalue weighted by Gasteiger charge is 2.28. The molecule has 3 rings (SSSR count). The first-order valence-corrected chi connectivity index (χ1v) is 10.5. The fourth-order valence-corrected chi connectivity index (χ4v) is 4.75. The number of thiophene rings is 1. The second-order valence-electron chi connectivity index (χ2n) is 7.58. The molecule has 28 heavy (non-hydrogen) atoms. The molecule has 1 aliphatic rings. The molecule has 146 valence electrons. The van der Waals surface area contributed by atoms with Gasteiger partial charge in [0.05, 0.1) is 5.56 Å². The zero-order chi connectivity index (χ0) is 20.3. The Morgan fingerprint density at radius 1 is 1.21 bits per heavy atom. The summed E-state index contributed by atoms with van der Waals surface area (Å²) >= 11 is 1.49. The van der Waals surface area contributed by atoms with Crippen molar-refractivity contribution in [3.8, 4) is 6.07 Å². The van der Waals surface area contributed by atoms with Gasteiger partial charge in [-0.25, -0.2) is 0 Å². The molecule has 2 N–H and O–H groups in total. The first kappa shape index (κ1) is 20.1. The van der Waals surface area contributed by atoms with Gasteiger partial charge in [-0.3, -0.25) is 9.59 Å². The topological polar surface area (TPSA) is 82.0 Å². The van der Waals surface area contributed by atoms with Crippen molar-refractivity contribution in [1.29, 1.82) is 5.26 Å². The monoisotopic (exact) mass is 395 g/mol. The van der Waals surface area contributed by atoms with Gasteiger partial charge in [-0.1, -0.05) is 31.5 Å². The predicted octanol–water partition coefficient (Wildman–Crippen LogP) is 4.20. The van der Waals surface area contributed by atoms with E-state index in [1.54, 1.807) is 12.1 Å². The molecule has 1 heterocycles. The Morgan fingerprint density at radius 3 is 2.64 bits per heavy atom. The number of benzene rings is 1. The van der Waals surface area contributed by atoms with Gasteiger partial charge < -0.3 is 10.6 Å². The molecule has 5 nitrogen and oxygen atoms in total. The fourth-order valence-electron chi connectivity index (χ4n) is 3.51. The van der Waals surface area contributed by atoms with Crippen molar-refractivity contribution < 1.29 is 9.59 Å². The van der Waals surface area contributed by atoms with Gasteiger partial charge in [0.1, 0.15) is 17.1 Å². The molecule has 0 bridgehead atoms. The molecular weight excluding hydrogens is 370 g/mol. The minimum Gasteiger partial charge on any atom is -0.340 e. The number of fused-ring (bicyclic) bond motifs is 1. The Morgan fingerprint density at radius 2 is 1.96 bits per heavy atom. The maximum atomic E-state index is 12.9. The normalized spacial score (nSPS) is 14.1. The zero-order valence-electron chi connectivity index (χ0n) is 16.5. The van der Waals surface area contributed by atoms with E-state index in [0.717, 1.165) is 36.8 Å². The van der Waals surface area contributed by atoms with Crippen LogP contribution in [0.4, 0.5) is 5.00 Å². The summed E-state index contributed by atoms with van der Waals surface area (Å²) < 4.78 is 0. The molecule has 6 heteroatoms. The van der Waals surface area contributed by atoms with Crippen molar-refractivity contribution in [3.63, 3.8) is 0 Å². The van der Waals surface area contributed by atoms with Gasteiger partial charge in [0, 0.05) is 10.4 Å². The standard InChI is InChI=1S/C22H25N3O2S/c1-13(2)19(24-20(26)15-8-6-7-14(3)11-15)21(27)25-22-17(12-23)16-9-4-5-10-18(16)28-22/h6-8,11,13,19H,4-5,9-10H2,1-3H3,(H,24,26)(H,25,27)/t19-/m0/s1. The first-order valence-electron chi connectivity index (χ1n) is 9.63. The average Bonchev–Trinajstić information content (AvgIpc) is 3.02. The molecule has 0 saturated heterocycles. The van der Waals surface area contributed by atoms with Gasteiger partial charge in [0.25, 0.3) is 5.91 Å². The highest BCUT2D eigenvalue weighted by atomic mass is 32.1. The molecule has 0 unspecified atom stereocenters. The van der Waals surface area contributed by atoms with E-state index in [1.807, 2.05) is 32.9 Å². The summed E-state index contributed by atoms with van der Waals surface area (Å²) in [7, 11) is 0. The number of rotatable bonds is 5. The number of carbonyl (C=O) groups excluding carboxylic acids is 2. The second-order valence-corrected chi connectivity index (χ2v) is 8.69. The van der Waals surface area contributed by atoms with Crippen molar-refractivity contribution in [3.05, 3.63) is 51.4 Å². The number of anilines is 1. The number of amides is 2. The van der Waals surface area contributed by atoms with Gasteiger partial charge in [-0.05, 0) is 56.2 Å². The van der Waals surface area contributed by atoms with Gasteiger partial charge >= 0.3 is 0 Å². The summed E-state index contributed by atoms with van der Waals surface area (Å²) in [5, 5.41) is 15.9. The maximum absolute atomic E-state index is 12.9. The number of hydrogen-bond donors (Lipinski definition) is 2. The molecule has 2 aromatic rings. The van der Waals surface area contributed by atoms with Gasteiger partial charge in [-0.2, -0.15) is 5.26 Å². The van der Waals surface area contributed by atoms with Crippen LogP contribution in [0.3, 0.4) is 0 Å². The van der Waals surface area contributed by atoms with E-state index < -0.39 is 6.04 Å². The van der Waals surface area contributed by atoms with E-state index in [-0.39, 0.29) is 17.7 Å². The van der Waals surface area contributed by atoms with E-state index in [9.17, 15) is 14.9 Å². The summed E-state index contributed by atoms with van der Waals surface area (Å²) in [6, 6.07) is 8.85. The van der Waals surface area contributed by atoms with E-state index in [0.29, 0.717) is 16.1 Å². The molecule has 0 saturated carbocycles. The average molecular weight is 396 g/mol. The van der Waals surface area contributed by atoms with Crippen molar-refractivity contribution in [2.45, 2.75) is 52.5 Å². The number of nitriles is 1. The Kier molecular flexibility index (Phi) is 6.15. The van der Waals surface area contributed by atoms with Crippen LogP contribution in [0.1, 0.15) is 58.6 Å². The lowest BCUT2D eigenvalue weighted by Crippen LogP contribution is -2.47. The Balaban J connectivity index is 1.78. The third-order valence-corrected chi connectivity index (χ3v) is 6.24. The number of nitrogens with zero attached hydrogens (tertiary/aromatic N) is 1. The van der Waals surface area contributed by atoms with Crippen LogP contribution in [0.5, 0.6) is 0 Å². The summed E-state index contributed by atoms with van der Waals surface area (Å²) in [5.41, 5.74) is 3.18. The predicted molar refractivity (Wildman–Crippen MR) is 112 cm³/mol. The van der Waals surface area contributed by atoms with Gasteiger partial charge in [-0.15, -0.1) is 11.3 Å². The van der Waals surface area contributed by atoms with Crippen LogP contribution in [-0.4, -0.2) is 17.9 Å². The van der Waals surface area contributed by atoms with Gasteiger partial charge in [0.2, 0.25) is 5.91 Å². The molecule has 2 amide bonds. The number of aryl methyl sites for hydroxylation is 2. The van der Waals surface area contributed by atoms with Crippen molar-refractivity contribution >= 4 is 28.2 Å². The van der Waals surface area contributed by atoms with Crippen molar-refractivity contribution in [2.24, 2.45) is 5.92 Å². The van der Waals surface area contributed by atoms with Crippen LogP contribution in [0, 0.1) is 24.2 Å². The lowest BCUT2D eigenvalue weighted by molar-refractivity contribution is -0.118. The van der Waals surface area contributed by atoms with Crippen molar-refractivity contribution in [2.75, 3.05) is 5.32 Å². The third-order valence-electron chi connectivity index (χ3n) is 5.04. The first-order chi connectivity index (χ1) is 13.4. The molecule has 0 fully saturated rings. The molecule has 1 atom stereocenters. The van der Waals surface area contributed by atoms with Gasteiger partial charge in [0.15, 0.2) is 0 Å². The minimum atomic E-state index is -0.682. The largest absolute Gasteiger partial charge is 0.340 e. The van der Waals surface area contributed by atoms with E-state index >= 15 is 0 Å². The Labute approximate surface area is 169 Å². The molecule has 0 radical (unpaired) electrons. The molecule has 1 aromatic heterocycles. The minimum absolute atomic E-state index is 0.0890. The Hall–Kier alpha value is -2.65. The highest BCUT2D eigenvalue weighted by Crippen LogP contribution is 2.37. The highest BCUT2D eigenvalue weighted by molar-refractivity contribution is 7.16. The summed E-state index contributed by atoms with van der Waals surface area (Å²) in [6.07, 6.45) is 4.05. The van der Waals surface area contributed by atoms with Crippen LogP contribution < -0.4 is 10.6 Å². The quantitative estimate of drug-likeness (QED) is 0.796. The van der Waals surface area contributed by atoms with Crippen LogP contribution in [0.2, 0.25) is 0 Å². The third kappa shape index (κ3) is 4.26. The van der Waals surface area contributed by atoms with Crippen LogP contribution in [0.25, 0.3) is 0 Å². The van der Waals surface area contributed by atoms with Crippen LogP contribution in [-0.2, 0) is 17.6 Å². The van der Waals surface area contributed by atoms with E-state index in [2.05, 4.69) is 16.7 Å². The molecule has 0 spiro atoms. The molecule has 1 aromatic carbocycles. The SMILES string of the molecule is Cc1cccc(C(=O)N[C@H](C(=O)Nc2sc3c(c2C#N)CCCC3)C(C)C)c1. The summed E-state index contributed by atoms with van der Waals surface area (Å²) in [5.74, 6) is -0.650. The fraction of sp³-hybridized carbons (Fsp3) is 0.409. The number of nitrogens with one attached hydrogen (secondary N) is 2. The molecule has 0 aliphatic heterocycles. The molecule has 1 aliphatic carbocycles. The lowest BCUT2D eigenvalue weighted by atomic mass is 9.96. The number of carbonyl (C=O) groups is 2. The lowest BCUT2D eigenvalue weighted by Gasteiger charge is -2.21. The smallest absolute Gasteiger partial charge is 0.251 e. The van der Waals surface area contributed by atoms with Crippen LogP contribution in [0.15, 0.2) is 24.3 Å². The van der Waals surface area contributed by atoms with Crippen molar-refractivity contribution in [1.82, 2.24) is 5.32 Å². The zero-order valence-corrected chi connectivity index (χ0v) is 17.3. The van der Waals surface area contributed by atoms with E-state index in [4.69, 9.17) is 0 Å². The Bertz CT molecular complexity index is 940. The number of hydrogen-bond acceptors (Lipinski definition) is 4. The second kappa shape index (κ2) is 8.57. The molecular formula is C22H25N3O2S. The van der Waals surface area contributed by atoms with E-state index in [1.165, 1.54) is 16.2 Å².